The third-order valence-electron chi connectivity index (χ3n) is 1.68. The van der Waals surface area contributed by atoms with Crippen LogP contribution in [0.3, 0.4) is 0 Å². The molecule has 1 aromatic heterocycles. The molecule has 0 saturated heterocycles. The van der Waals surface area contributed by atoms with Gasteiger partial charge in [0, 0.05) is 11.3 Å². The van der Waals surface area contributed by atoms with E-state index in [1.54, 1.807) is 0 Å². The average Bonchev–Trinajstić information content (AvgIpc) is 2.03. The Morgan fingerprint density at radius 3 is 2.50 bits per heavy atom. The SMILES string of the molecule is CCc1c(C)nc(SC)nc1Cl. The topological polar surface area (TPSA) is 25.8 Å². The molecular weight excluding hydrogens is 192 g/mol. The van der Waals surface area contributed by atoms with Gasteiger partial charge in [0.2, 0.25) is 0 Å². The molecule has 0 spiro atoms. The van der Waals surface area contributed by atoms with Gasteiger partial charge in [-0.05, 0) is 19.6 Å². The van der Waals surface area contributed by atoms with Gasteiger partial charge in [-0.1, -0.05) is 30.3 Å². The van der Waals surface area contributed by atoms with Crippen LogP contribution in [0, 0.1) is 6.92 Å². The Balaban J connectivity index is 3.18. The van der Waals surface area contributed by atoms with Crippen molar-refractivity contribution in [2.24, 2.45) is 0 Å². The van der Waals surface area contributed by atoms with E-state index in [1.807, 2.05) is 13.2 Å². The van der Waals surface area contributed by atoms with Gasteiger partial charge in [-0.3, -0.25) is 0 Å². The molecule has 0 atom stereocenters. The van der Waals surface area contributed by atoms with Crippen LogP contribution in [-0.4, -0.2) is 16.2 Å². The predicted octanol–water partition coefficient (Wildman–Crippen LogP) is 2.72. The van der Waals surface area contributed by atoms with Crippen LogP contribution in [0.4, 0.5) is 0 Å². The molecule has 0 aromatic carbocycles. The molecule has 2 nitrogen and oxygen atoms in total. The molecule has 66 valence electrons. The maximum absolute atomic E-state index is 5.95. The summed E-state index contributed by atoms with van der Waals surface area (Å²) in [6, 6.07) is 0. The van der Waals surface area contributed by atoms with Crippen molar-refractivity contribution < 1.29 is 0 Å². The van der Waals surface area contributed by atoms with Crippen molar-refractivity contribution in [1.82, 2.24) is 9.97 Å². The van der Waals surface area contributed by atoms with Gasteiger partial charge < -0.3 is 0 Å². The second kappa shape index (κ2) is 4.10. The van der Waals surface area contributed by atoms with E-state index in [4.69, 9.17) is 11.6 Å². The number of nitrogens with zero attached hydrogens (tertiary/aromatic N) is 2. The molecule has 1 heterocycles. The highest BCUT2D eigenvalue weighted by Gasteiger charge is 2.06. The third kappa shape index (κ3) is 1.90. The van der Waals surface area contributed by atoms with Gasteiger partial charge in [-0.15, -0.1) is 0 Å². The summed E-state index contributed by atoms with van der Waals surface area (Å²) in [6.45, 7) is 4.02. The summed E-state index contributed by atoms with van der Waals surface area (Å²) in [5, 5.41) is 1.34. The van der Waals surface area contributed by atoms with Crippen molar-refractivity contribution in [3.63, 3.8) is 0 Å². The second-order valence-electron chi connectivity index (χ2n) is 2.42. The third-order valence-corrected chi connectivity index (χ3v) is 2.54. The lowest BCUT2D eigenvalue weighted by Crippen LogP contribution is -1.97. The molecule has 12 heavy (non-hydrogen) atoms. The Morgan fingerprint density at radius 2 is 2.08 bits per heavy atom. The van der Waals surface area contributed by atoms with Crippen molar-refractivity contribution >= 4 is 23.4 Å². The highest BCUT2D eigenvalue weighted by Crippen LogP contribution is 2.20. The van der Waals surface area contributed by atoms with Crippen LogP contribution in [-0.2, 0) is 6.42 Å². The van der Waals surface area contributed by atoms with E-state index >= 15 is 0 Å². The van der Waals surface area contributed by atoms with Crippen molar-refractivity contribution in [3.8, 4) is 0 Å². The zero-order valence-corrected chi connectivity index (χ0v) is 8.96. The minimum Gasteiger partial charge on any atom is -0.228 e. The first-order chi connectivity index (χ1) is 5.69. The van der Waals surface area contributed by atoms with Gasteiger partial charge in [0.05, 0.1) is 0 Å². The van der Waals surface area contributed by atoms with Crippen LogP contribution in [0.5, 0.6) is 0 Å². The fourth-order valence-corrected chi connectivity index (χ4v) is 1.84. The average molecular weight is 203 g/mol. The van der Waals surface area contributed by atoms with Crippen molar-refractivity contribution in [3.05, 3.63) is 16.4 Å². The molecule has 1 rings (SSSR count). The van der Waals surface area contributed by atoms with Crippen LogP contribution in [0.2, 0.25) is 5.15 Å². The van der Waals surface area contributed by atoms with E-state index < -0.39 is 0 Å². The lowest BCUT2D eigenvalue weighted by atomic mass is 10.2. The molecular formula is C8H11ClN2S. The fourth-order valence-electron chi connectivity index (χ4n) is 1.03. The molecule has 0 aliphatic heterocycles. The lowest BCUT2D eigenvalue weighted by molar-refractivity contribution is 0.891. The predicted molar refractivity (Wildman–Crippen MR) is 52.9 cm³/mol. The van der Waals surface area contributed by atoms with Gasteiger partial charge in [-0.25, -0.2) is 9.97 Å². The highest BCUT2D eigenvalue weighted by atomic mass is 35.5. The summed E-state index contributed by atoms with van der Waals surface area (Å²) >= 11 is 7.46. The van der Waals surface area contributed by atoms with Crippen molar-refractivity contribution in [2.75, 3.05) is 6.26 Å². The number of aromatic nitrogens is 2. The van der Waals surface area contributed by atoms with Crippen LogP contribution in [0.1, 0.15) is 18.2 Å². The summed E-state index contributed by atoms with van der Waals surface area (Å²) in [5.41, 5.74) is 2.04. The first kappa shape index (κ1) is 9.81. The quantitative estimate of drug-likeness (QED) is 0.419. The molecule has 0 fully saturated rings. The van der Waals surface area contributed by atoms with Crippen LogP contribution in [0.25, 0.3) is 0 Å². The van der Waals surface area contributed by atoms with E-state index in [2.05, 4.69) is 16.9 Å². The minimum atomic E-state index is 0.592. The molecule has 0 unspecified atom stereocenters. The zero-order chi connectivity index (χ0) is 9.14. The zero-order valence-electron chi connectivity index (χ0n) is 7.39. The summed E-state index contributed by atoms with van der Waals surface area (Å²) in [7, 11) is 0. The van der Waals surface area contributed by atoms with Gasteiger partial charge >= 0.3 is 0 Å². The van der Waals surface area contributed by atoms with Crippen molar-refractivity contribution in [2.45, 2.75) is 25.4 Å². The number of rotatable bonds is 2. The molecule has 0 N–H and O–H groups in total. The lowest BCUT2D eigenvalue weighted by Gasteiger charge is -2.05. The Morgan fingerprint density at radius 1 is 1.42 bits per heavy atom. The standard InChI is InChI=1S/C8H11ClN2S/c1-4-6-5(2)10-8(12-3)11-7(6)9/h4H2,1-3H3. The molecule has 0 aliphatic carbocycles. The van der Waals surface area contributed by atoms with Crippen LogP contribution >= 0.6 is 23.4 Å². The van der Waals surface area contributed by atoms with Gasteiger partial charge in [0.15, 0.2) is 5.16 Å². The van der Waals surface area contributed by atoms with E-state index in [-0.39, 0.29) is 0 Å². The normalized spacial score (nSPS) is 10.3. The molecule has 0 amide bonds. The Bertz CT molecular complexity index is 265. The Kier molecular flexibility index (Phi) is 3.35. The minimum absolute atomic E-state index is 0.592. The fraction of sp³-hybridized carbons (Fsp3) is 0.500. The van der Waals surface area contributed by atoms with E-state index in [1.165, 1.54) is 11.8 Å². The number of hydrogen-bond donors (Lipinski definition) is 0. The number of halogens is 1. The van der Waals surface area contributed by atoms with E-state index in [9.17, 15) is 0 Å². The summed E-state index contributed by atoms with van der Waals surface area (Å²) in [6.07, 6.45) is 2.83. The number of thioether (sulfide) groups is 1. The Labute approximate surface area is 81.8 Å². The first-order valence-electron chi connectivity index (χ1n) is 3.76. The maximum atomic E-state index is 5.95. The summed E-state index contributed by atoms with van der Waals surface area (Å²) in [5.74, 6) is 0. The van der Waals surface area contributed by atoms with E-state index in [0.717, 1.165) is 22.8 Å². The van der Waals surface area contributed by atoms with Crippen molar-refractivity contribution in [1.29, 1.82) is 0 Å². The number of aryl methyl sites for hydroxylation is 1. The number of hydrogen-bond acceptors (Lipinski definition) is 3. The molecule has 0 radical (unpaired) electrons. The highest BCUT2D eigenvalue weighted by molar-refractivity contribution is 7.98. The summed E-state index contributed by atoms with van der Waals surface area (Å²) < 4.78 is 0. The van der Waals surface area contributed by atoms with Gasteiger partial charge in [0.25, 0.3) is 0 Å². The molecule has 0 saturated carbocycles. The van der Waals surface area contributed by atoms with Gasteiger partial charge in [0.1, 0.15) is 5.15 Å². The molecule has 1 aromatic rings. The largest absolute Gasteiger partial charge is 0.228 e. The second-order valence-corrected chi connectivity index (χ2v) is 3.55. The molecule has 0 aliphatic rings. The van der Waals surface area contributed by atoms with Crippen LogP contribution in [0.15, 0.2) is 5.16 Å². The maximum Gasteiger partial charge on any atom is 0.188 e. The Hall–Kier alpha value is -0.280. The first-order valence-corrected chi connectivity index (χ1v) is 5.36. The molecule has 4 heteroatoms. The van der Waals surface area contributed by atoms with E-state index in [0.29, 0.717) is 5.15 Å². The van der Waals surface area contributed by atoms with Crippen LogP contribution < -0.4 is 0 Å². The monoisotopic (exact) mass is 202 g/mol. The summed E-state index contributed by atoms with van der Waals surface area (Å²) in [4.78, 5) is 8.43. The smallest absolute Gasteiger partial charge is 0.188 e. The van der Waals surface area contributed by atoms with Gasteiger partial charge in [-0.2, -0.15) is 0 Å². The molecule has 0 bridgehead atoms.